The summed E-state index contributed by atoms with van der Waals surface area (Å²) < 4.78 is 13.3. The van der Waals surface area contributed by atoms with Gasteiger partial charge >= 0.3 is 0 Å². The molecule has 1 amide bonds. The highest BCUT2D eigenvalue weighted by Gasteiger charge is 2.14. The predicted molar refractivity (Wildman–Crippen MR) is 133 cm³/mol. The first-order valence-electron chi connectivity index (χ1n) is 9.23. The molecule has 5 nitrogen and oxygen atoms in total. The topological polar surface area (TPSA) is 71.3 Å². The number of anilines is 1. The number of nitrogens with one attached hydrogen (secondary N) is 1. The predicted octanol–water partition coefficient (Wildman–Crippen LogP) is 6.19. The van der Waals surface area contributed by atoms with E-state index in [1.807, 2.05) is 54.6 Å². The SMILES string of the molecule is COc1cc(/C=C(\C#N)C(=O)Nc2ccccc2)cc(I)c1OCc1ccccc1Br. The number of hydrogen-bond acceptors (Lipinski definition) is 4. The highest BCUT2D eigenvalue weighted by Crippen LogP contribution is 2.35. The molecule has 156 valence electrons. The van der Waals surface area contributed by atoms with Crippen molar-refractivity contribution in [3.8, 4) is 17.6 Å². The lowest BCUT2D eigenvalue weighted by molar-refractivity contribution is -0.112. The Bertz CT molecular complexity index is 1160. The van der Waals surface area contributed by atoms with Crippen molar-refractivity contribution in [2.24, 2.45) is 0 Å². The number of rotatable bonds is 7. The Hall–Kier alpha value is -2.83. The maximum atomic E-state index is 12.5. The van der Waals surface area contributed by atoms with Crippen LogP contribution < -0.4 is 14.8 Å². The van der Waals surface area contributed by atoms with Gasteiger partial charge in [0.1, 0.15) is 18.2 Å². The van der Waals surface area contributed by atoms with Gasteiger partial charge in [-0.2, -0.15) is 5.26 Å². The fourth-order valence-corrected chi connectivity index (χ4v) is 3.94. The molecule has 0 heterocycles. The fourth-order valence-electron chi connectivity index (χ4n) is 2.76. The molecule has 3 aromatic rings. The molecule has 0 atom stereocenters. The summed E-state index contributed by atoms with van der Waals surface area (Å²) in [6.45, 7) is 0.367. The number of nitrogens with zero attached hydrogens (tertiary/aromatic N) is 1. The molecular weight excluding hydrogens is 571 g/mol. The van der Waals surface area contributed by atoms with Gasteiger partial charge in [0.15, 0.2) is 11.5 Å². The van der Waals surface area contributed by atoms with Gasteiger partial charge in [-0.15, -0.1) is 0 Å². The number of benzene rings is 3. The highest BCUT2D eigenvalue weighted by atomic mass is 127. The second-order valence-electron chi connectivity index (χ2n) is 6.40. The molecular formula is C24H18BrIN2O3. The average molecular weight is 589 g/mol. The van der Waals surface area contributed by atoms with Crippen LogP contribution in [0.3, 0.4) is 0 Å². The summed E-state index contributed by atoms with van der Waals surface area (Å²) in [5.74, 6) is 0.645. The van der Waals surface area contributed by atoms with E-state index in [2.05, 4.69) is 43.8 Å². The van der Waals surface area contributed by atoms with E-state index in [0.717, 1.165) is 13.6 Å². The van der Waals surface area contributed by atoms with Crippen molar-refractivity contribution in [1.29, 1.82) is 5.26 Å². The minimum absolute atomic E-state index is 0.0106. The third-order valence-corrected chi connectivity index (χ3v) is 5.86. The molecule has 0 saturated heterocycles. The summed E-state index contributed by atoms with van der Waals surface area (Å²) in [5.41, 5.74) is 2.28. The summed E-state index contributed by atoms with van der Waals surface area (Å²) in [6.07, 6.45) is 1.53. The van der Waals surface area contributed by atoms with E-state index in [1.165, 1.54) is 6.08 Å². The Morgan fingerprint density at radius 2 is 1.87 bits per heavy atom. The first kappa shape index (κ1) is 22.8. The van der Waals surface area contributed by atoms with Gasteiger partial charge < -0.3 is 14.8 Å². The molecule has 1 N–H and O–H groups in total. The second kappa shape index (κ2) is 11.0. The van der Waals surface area contributed by atoms with E-state index in [0.29, 0.717) is 29.4 Å². The minimum Gasteiger partial charge on any atom is -0.493 e. The van der Waals surface area contributed by atoms with Crippen LogP contribution in [0.5, 0.6) is 11.5 Å². The molecule has 0 radical (unpaired) electrons. The first-order chi connectivity index (χ1) is 15.0. The average Bonchev–Trinajstić information content (AvgIpc) is 2.78. The molecule has 0 aliphatic heterocycles. The molecule has 3 rings (SSSR count). The molecule has 0 fully saturated rings. The van der Waals surface area contributed by atoms with E-state index < -0.39 is 5.91 Å². The number of hydrogen-bond donors (Lipinski definition) is 1. The zero-order valence-corrected chi connectivity index (χ0v) is 20.3. The van der Waals surface area contributed by atoms with Gasteiger partial charge in [-0.05, 0) is 64.6 Å². The molecule has 0 aliphatic rings. The number of carbonyl (C=O) groups excluding carboxylic acids is 1. The van der Waals surface area contributed by atoms with Crippen molar-refractivity contribution < 1.29 is 14.3 Å². The Labute approximate surface area is 203 Å². The van der Waals surface area contributed by atoms with Crippen molar-refractivity contribution in [1.82, 2.24) is 0 Å². The van der Waals surface area contributed by atoms with Crippen molar-refractivity contribution >= 4 is 56.2 Å². The summed E-state index contributed by atoms with van der Waals surface area (Å²) in [5, 5.41) is 12.2. The van der Waals surface area contributed by atoms with Crippen LogP contribution in [0.4, 0.5) is 5.69 Å². The van der Waals surface area contributed by atoms with Gasteiger partial charge in [-0.1, -0.05) is 52.3 Å². The lowest BCUT2D eigenvalue weighted by atomic mass is 10.1. The Kier molecular flexibility index (Phi) is 8.09. The van der Waals surface area contributed by atoms with E-state index in [-0.39, 0.29) is 5.57 Å². The van der Waals surface area contributed by atoms with E-state index in [9.17, 15) is 10.1 Å². The summed E-state index contributed by atoms with van der Waals surface area (Å²) in [4.78, 5) is 12.5. The lowest BCUT2D eigenvalue weighted by Crippen LogP contribution is -2.13. The Morgan fingerprint density at radius 1 is 1.16 bits per heavy atom. The molecule has 7 heteroatoms. The molecule has 0 bridgehead atoms. The zero-order chi connectivity index (χ0) is 22.2. The van der Waals surface area contributed by atoms with Crippen molar-refractivity contribution in [3.05, 3.63) is 91.5 Å². The lowest BCUT2D eigenvalue weighted by Gasteiger charge is -2.14. The standard InChI is InChI=1S/C24H18BrIN2O3/c1-30-22-13-16(11-18(14-27)24(29)28-19-8-3-2-4-9-19)12-21(26)23(22)31-15-17-7-5-6-10-20(17)25/h2-13H,15H2,1H3,(H,28,29)/b18-11+. The van der Waals surface area contributed by atoms with Crippen molar-refractivity contribution in [2.45, 2.75) is 6.61 Å². The van der Waals surface area contributed by atoms with E-state index >= 15 is 0 Å². The second-order valence-corrected chi connectivity index (χ2v) is 8.42. The highest BCUT2D eigenvalue weighted by molar-refractivity contribution is 14.1. The molecule has 0 spiro atoms. The number of ether oxygens (including phenoxy) is 2. The van der Waals surface area contributed by atoms with Crippen molar-refractivity contribution in [2.75, 3.05) is 12.4 Å². The van der Waals surface area contributed by atoms with Crippen LogP contribution in [0, 0.1) is 14.9 Å². The molecule has 3 aromatic carbocycles. The van der Waals surface area contributed by atoms with Crippen LogP contribution in [-0.2, 0) is 11.4 Å². The van der Waals surface area contributed by atoms with Gasteiger partial charge in [0, 0.05) is 15.7 Å². The minimum atomic E-state index is -0.475. The molecule has 0 aliphatic carbocycles. The van der Waals surface area contributed by atoms with Crippen molar-refractivity contribution in [3.63, 3.8) is 0 Å². The third-order valence-electron chi connectivity index (χ3n) is 4.29. The Morgan fingerprint density at radius 3 is 2.55 bits per heavy atom. The maximum Gasteiger partial charge on any atom is 0.266 e. The van der Waals surface area contributed by atoms with Gasteiger partial charge in [0.25, 0.3) is 5.91 Å². The van der Waals surface area contributed by atoms with E-state index in [1.54, 1.807) is 25.3 Å². The molecule has 0 saturated carbocycles. The van der Waals surface area contributed by atoms with Crippen LogP contribution in [-0.4, -0.2) is 13.0 Å². The van der Waals surface area contributed by atoms with Crippen LogP contribution in [0.25, 0.3) is 6.08 Å². The number of amides is 1. The number of carbonyl (C=O) groups is 1. The van der Waals surface area contributed by atoms with Crippen LogP contribution in [0.15, 0.2) is 76.8 Å². The number of para-hydroxylation sites is 1. The summed E-state index contributed by atoms with van der Waals surface area (Å²) in [7, 11) is 1.55. The zero-order valence-electron chi connectivity index (χ0n) is 16.6. The van der Waals surface area contributed by atoms with Gasteiger partial charge in [0.05, 0.1) is 10.7 Å². The fraction of sp³-hybridized carbons (Fsp3) is 0.0833. The van der Waals surface area contributed by atoms with E-state index in [4.69, 9.17) is 9.47 Å². The first-order valence-corrected chi connectivity index (χ1v) is 11.1. The number of methoxy groups -OCH3 is 1. The summed E-state index contributed by atoms with van der Waals surface area (Å²) >= 11 is 5.67. The largest absolute Gasteiger partial charge is 0.493 e. The normalized spacial score (nSPS) is 10.8. The molecule has 0 unspecified atom stereocenters. The maximum absolute atomic E-state index is 12.5. The van der Waals surface area contributed by atoms with Gasteiger partial charge in [0.2, 0.25) is 0 Å². The van der Waals surface area contributed by atoms with Crippen LogP contribution in [0.1, 0.15) is 11.1 Å². The smallest absolute Gasteiger partial charge is 0.266 e. The Balaban J connectivity index is 1.83. The number of halogens is 2. The summed E-state index contributed by atoms with van der Waals surface area (Å²) in [6, 6.07) is 22.4. The quantitative estimate of drug-likeness (QED) is 0.203. The number of nitriles is 1. The monoisotopic (exact) mass is 588 g/mol. The van der Waals surface area contributed by atoms with Gasteiger partial charge in [-0.25, -0.2) is 0 Å². The van der Waals surface area contributed by atoms with Crippen LogP contribution >= 0.6 is 38.5 Å². The molecule has 0 aromatic heterocycles. The third kappa shape index (κ3) is 6.09. The van der Waals surface area contributed by atoms with Crippen LogP contribution in [0.2, 0.25) is 0 Å². The van der Waals surface area contributed by atoms with Gasteiger partial charge in [-0.3, -0.25) is 4.79 Å². The molecule has 31 heavy (non-hydrogen) atoms.